The van der Waals surface area contributed by atoms with Crippen LogP contribution in [0.5, 0.6) is 0 Å². The lowest BCUT2D eigenvalue weighted by Crippen LogP contribution is -2.24. The first-order chi connectivity index (χ1) is 11.2. The van der Waals surface area contributed by atoms with Crippen LogP contribution in [-0.2, 0) is 19.7 Å². The number of rotatable bonds is 3. The summed E-state index contributed by atoms with van der Waals surface area (Å²) in [6, 6.07) is 8.05. The predicted molar refractivity (Wildman–Crippen MR) is 95.2 cm³/mol. The largest absolute Gasteiger partial charge is 0.465 e. The van der Waals surface area contributed by atoms with E-state index in [4.69, 9.17) is 4.74 Å². The molecule has 0 atom stereocenters. The zero-order chi connectivity index (χ0) is 18.1. The van der Waals surface area contributed by atoms with Crippen LogP contribution in [0, 0.1) is 0 Å². The second-order valence-electron chi connectivity index (χ2n) is 6.93. The third-order valence-corrected chi connectivity index (χ3v) is 4.31. The molecule has 0 aliphatic carbocycles. The van der Waals surface area contributed by atoms with E-state index in [9.17, 15) is 9.59 Å². The highest BCUT2D eigenvalue weighted by molar-refractivity contribution is 6.16. The van der Waals surface area contributed by atoms with Crippen LogP contribution >= 0.6 is 0 Å². The quantitative estimate of drug-likeness (QED) is 0.628. The molecule has 4 nitrogen and oxygen atoms in total. The Labute approximate surface area is 143 Å². The second kappa shape index (κ2) is 6.63. The molecule has 0 saturated heterocycles. The number of nitrogens with zero attached hydrogens (tertiary/aromatic N) is 1. The Bertz CT molecular complexity index is 718. The minimum absolute atomic E-state index is 0.0710. The number of methoxy groups -OCH3 is 1. The maximum absolute atomic E-state index is 12.6. The van der Waals surface area contributed by atoms with E-state index in [2.05, 4.69) is 32.9 Å². The Kier molecular flexibility index (Phi) is 4.97. The number of carbonyl (C=O) groups is 2. The molecule has 0 bridgehead atoms. The smallest absolute Gasteiger partial charge is 0.340 e. The summed E-state index contributed by atoms with van der Waals surface area (Å²) in [7, 11) is 1.33. The number of ether oxygens (including phenoxy) is 1. The Morgan fingerprint density at radius 3 is 2.25 bits per heavy atom. The van der Waals surface area contributed by atoms with Gasteiger partial charge in [0.15, 0.2) is 0 Å². The highest BCUT2D eigenvalue weighted by atomic mass is 16.5. The van der Waals surface area contributed by atoms with Gasteiger partial charge >= 0.3 is 5.97 Å². The van der Waals surface area contributed by atoms with Crippen LogP contribution in [0.1, 0.15) is 45.7 Å². The molecule has 0 spiro atoms. The van der Waals surface area contributed by atoms with Crippen LogP contribution in [-0.4, -0.2) is 30.4 Å². The van der Waals surface area contributed by atoms with E-state index in [-0.39, 0.29) is 11.3 Å². The summed E-state index contributed by atoms with van der Waals surface area (Å²) in [5, 5.41) is 0. The van der Waals surface area contributed by atoms with Crippen LogP contribution in [0.25, 0.3) is 6.08 Å². The van der Waals surface area contributed by atoms with Gasteiger partial charge < -0.3 is 9.64 Å². The lowest BCUT2D eigenvalue weighted by atomic mass is 9.86. The van der Waals surface area contributed by atoms with Crippen LogP contribution in [0.4, 0.5) is 0 Å². The van der Waals surface area contributed by atoms with Crippen molar-refractivity contribution in [3.05, 3.63) is 52.2 Å². The zero-order valence-electron chi connectivity index (χ0n) is 15.3. The van der Waals surface area contributed by atoms with Gasteiger partial charge in [-0.25, -0.2) is 4.79 Å². The molecule has 1 aliphatic heterocycles. The number of carbonyl (C=O) groups excluding carboxylic acids is 2. The number of esters is 1. The van der Waals surface area contributed by atoms with E-state index in [1.807, 2.05) is 19.1 Å². The maximum atomic E-state index is 12.6. The molecular formula is C20H25NO3. The summed E-state index contributed by atoms with van der Waals surface area (Å²) in [6.07, 6.45) is 1.76. The van der Waals surface area contributed by atoms with Gasteiger partial charge in [-0.2, -0.15) is 0 Å². The van der Waals surface area contributed by atoms with Crippen molar-refractivity contribution >= 4 is 18.0 Å². The zero-order valence-corrected chi connectivity index (χ0v) is 15.3. The van der Waals surface area contributed by atoms with Gasteiger partial charge in [-0.15, -0.1) is 0 Å². The monoisotopic (exact) mass is 327 g/mol. The van der Waals surface area contributed by atoms with Crippen molar-refractivity contribution in [3.63, 3.8) is 0 Å². The van der Waals surface area contributed by atoms with Crippen molar-refractivity contribution in [2.75, 3.05) is 13.7 Å². The van der Waals surface area contributed by atoms with Crippen LogP contribution in [0.15, 0.2) is 41.1 Å². The van der Waals surface area contributed by atoms with Gasteiger partial charge in [0.1, 0.15) is 0 Å². The van der Waals surface area contributed by atoms with Crippen molar-refractivity contribution in [1.29, 1.82) is 0 Å². The minimum Gasteiger partial charge on any atom is -0.465 e. The highest BCUT2D eigenvalue weighted by Crippen LogP contribution is 2.31. The molecule has 0 N–H and O–H groups in total. The summed E-state index contributed by atoms with van der Waals surface area (Å²) in [5.41, 5.74) is 3.57. The maximum Gasteiger partial charge on any atom is 0.340 e. The van der Waals surface area contributed by atoms with E-state index in [0.29, 0.717) is 23.4 Å². The number of hydrogen-bond acceptors (Lipinski definition) is 3. The van der Waals surface area contributed by atoms with Gasteiger partial charge in [0.05, 0.1) is 18.3 Å². The lowest BCUT2D eigenvalue weighted by Gasteiger charge is -2.18. The molecule has 0 unspecified atom stereocenters. The summed E-state index contributed by atoms with van der Waals surface area (Å²) in [4.78, 5) is 26.3. The predicted octanol–water partition coefficient (Wildman–Crippen LogP) is 3.68. The lowest BCUT2D eigenvalue weighted by molar-refractivity contribution is -0.136. The molecule has 1 aromatic rings. The van der Waals surface area contributed by atoms with Gasteiger partial charge in [0.2, 0.25) is 0 Å². The minimum atomic E-state index is -0.477. The van der Waals surface area contributed by atoms with E-state index >= 15 is 0 Å². The third kappa shape index (κ3) is 3.28. The van der Waals surface area contributed by atoms with Gasteiger partial charge in [0.25, 0.3) is 5.91 Å². The average Bonchev–Trinajstić information content (AvgIpc) is 2.76. The fourth-order valence-electron chi connectivity index (χ4n) is 2.85. The molecule has 0 radical (unpaired) electrons. The molecule has 128 valence electrons. The van der Waals surface area contributed by atoms with Gasteiger partial charge in [-0.1, -0.05) is 45.0 Å². The van der Waals surface area contributed by atoms with E-state index < -0.39 is 5.97 Å². The molecule has 0 saturated carbocycles. The number of allylic oxidation sites excluding steroid dienone is 1. The first-order valence-corrected chi connectivity index (χ1v) is 8.14. The van der Waals surface area contributed by atoms with Gasteiger partial charge in [0, 0.05) is 12.2 Å². The summed E-state index contributed by atoms with van der Waals surface area (Å²) >= 11 is 0. The topological polar surface area (TPSA) is 46.6 Å². The van der Waals surface area contributed by atoms with Gasteiger partial charge in [-0.3, -0.25) is 4.79 Å². The van der Waals surface area contributed by atoms with Crippen LogP contribution < -0.4 is 0 Å². The molecule has 0 aromatic heterocycles. The fourth-order valence-corrected chi connectivity index (χ4v) is 2.85. The molecule has 24 heavy (non-hydrogen) atoms. The SMILES string of the molecule is CCN1C(=O)C(=Cc2ccc(C(C)(C)C)cc2)C(C(=O)OC)=C1C. The van der Waals surface area contributed by atoms with Crippen molar-refractivity contribution in [2.24, 2.45) is 0 Å². The molecule has 4 heteroatoms. The summed E-state index contributed by atoms with van der Waals surface area (Å²) in [6.45, 7) is 10.6. The molecule has 1 aliphatic rings. The van der Waals surface area contributed by atoms with Crippen LogP contribution in [0.3, 0.4) is 0 Å². The highest BCUT2D eigenvalue weighted by Gasteiger charge is 2.36. The molecule has 1 heterocycles. The first-order valence-electron chi connectivity index (χ1n) is 8.14. The number of hydrogen-bond donors (Lipinski definition) is 0. The third-order valence-electron chi connectivity index (χ3n) is 4.31. The van der Waals surface area contributed by atoms with Gasteiger partial charge in [-0.05, 0) is 36.5 Å². The van der Waals surface area contributed by atoms with Crippen molar-refractivity contribution < 1.29 is 14.3 Å². The normalized spacial score (nSPS) is 17.0. The van der Waals surface area contributed by atoms with Crippen molar-refractivity contribution in [3.8, 4) is 0 Å². The van der Waals surface area contributed by atoms with E-state index in [0.717, 1.165) is 5.56 Å². The second-order valence-corrected chi connectivity index (χ2v) is 6.93. The van der Waals surface area contributed by atoms with Crippen molar-refractivity contribution in [2.45, 2.75) is 40.0 Å². The van der Waals surface area contributed by atoms with E-state index in [1.165, 1.54) is 12.7 Å². The van der Waals surface area contributed by atoms with E-state index in [1.54, 1.807) is 17.9 Å². The Balaban J connectivity index is 2.47. The molecule has 1 aromatic carbocycles. The Morgan fingerprint density at radius 2 is 1.79 bits per heavy atom. The van der Waals surface area contributed by atoms with Crippen LogP contribution in [0.2, 0.25) is 0 Å². The summed E-state index contributed by atoms with van der Waals surface area (Å²) in [5.74, 6) is -0.635. The molecular weight excluding hydrogens is 302 g/mol. The average molecular weight is 327 g/mol. The molecule has 2 rings (SSSR count). The van der Waals surface area contributed by atoms with Crippen molar-refractivity contribution in [1.82, 2.24) is 4.90 Å². The Hall–Kier alpha value is -2.36. The summed E-state index contributed by atoms with van der Waals surface area (Å²) < 4.78 is 4.86. The molecule has 1 amide bonds. The number of likely N-dealkylation sites (N-methyl/N-ethyl adjacent to an activating group) is 1. The first kappa shape index (κ1) is 18.0. The standard InChI is InChI=1S/C20H25NO3/c1-7-21-13(2)17(19(23)24-6)16(18(21)22)12-14-8-10-15(11-9-14)20(3,4)5/h8-12H,7H2,1-6H3. The fraction of sp³-hybridized carbons (Fsp3) is 0.400. The molecule has 0 fully saturated rings. The number of benzene rings is 1. The number of amides is 1. The Morgan fingerprint density at radius 1 is 1.21 bits per heavy atom.